The third kappa shape index (κ3) is 6.15. The van der Waals surface area contributed by atoms with Gasteiger partial charge >= 0.3 is 5.69 Å². The molecule has 0 saturated carbocycles. The van der Waals surface area contributed by atoms with Gasteiger partial charge in [-0.1, -0.05) is 30.3 Å². The Hall–Kier alpha value is -5.49. The van der Waals surface area contributed by atoms with Crippen LogP contribution >= 0.6 is 0 Å². The molecule has 0 amide bonds. The molecule has 0 bridgehead atoms. The van der Waals surface area contributed by atoms with Crippen LogP contribution in [0, 0.1) is 32.0 Å². The second-order valence-corrected chi connectivity index (χ2v) is 10.3. The van der Waals surface area contributed by atoms with Crippen LogP contribution < -0.4 is 0 Å². The van der Waals surface area contributed by atoms with E-state index in [1.54, 1.807) is 24.3 Å². The normalized spacial score (nSPS) is 13.5. The molecular weight excluding hydrogens is 571 g/mol. The lowest BCUT2D eigenvalue weighted by molar-refractivity contribution is -0.387. The first kappa shape index (κ1) is 28.6. The number of nitro benzene ring substituents is 2. The Labute approximate surface area is 249 Å². The van der Waals surface area contributed by atoms with Crippen molar-refractivity contribution in [3.8, 4) is 22.9 Å². The molecule has 7 rings (SSSR count). The fraction of sp³-hybridized carbons (Fsp3) is 0.188. The van der Waals surface area contributed by atoms with E-state index in [-0.39, 0.29) is 16.5 Å². The highest BCUT2D eigenvalue weighted by atomic mass is 19.1. The van der Waals surface area contributed by atoms with Crippen LogP contribution in [0.2, 0.25) is 0 Å². The lowest BCUT2D eigenvalue weighted by Gasteiger charge is -2.21. The van der Waals surface area contributed by atoms with Gasteiger partial charge in [-0.25, -0.2) is 9.97 Å². The fourth-order valence-corrected chi connectivity index (χ4v) is 5.08. The van der Waals surface area contributed by atoms with Crippen LogP contribution in [0.25, 0.3) is 45.1 Å². The average Bonchev–Trinajstić information content (AvgIpc) is 3.67. The van der Waals surface area contributed by atoms with E-state index in [0.29, 0.717) is 46.0 Å². The number of para-hydroxylation sites is 4. The summed E-state index contributed by atoms with van der Waals surface area (Å²) in [6, 6.07) is 23.3. The minimum Gasteiger partial charge on any atom is -0.436 e. The molecule has 11 nitrogen and oxygen atoms in total. The van der Waals surface area contributed by atoms with Gasteiger partial charge in [-0.3, -0.25) is 20.2 Å². The summed E-state index contributed by atoms with van der Waals surface area (Å²) in [6.45, 7) is 1.47. The number of nitrogens with zero attached hydrogens (tertiary/aromatic N) is 4. The number of halogens is 1. The predicted octanol–water partition coefficient (Wildman–Crippen LogP) is 7.91. The Bertz CT molecular complexity index is 1910. The monoisotopic (exact) mass is 596 g/mol. The molecule has 0 aliphatic carbocycles. The topological polar surface area (TPSA) is 148 Å². The van der Waals surface area contributed by atoms with Gasteiger partial charge in [0.2, 0.25) is 17.6 Å². The lowest BCUT2D eigenvalue weighted by Crippen LogP contribution is -2.18. The smallest absolute Gasteiger partial charge is 0.305 e. The number of nitro groups is 2. The zero-order valence-corrected chi connectivity index (χ0v) is 23.2. The number of benzene rings is 4. The maximum Gasteiger partial charge on any atom is 0.305 e. The maximum absolute atomic E-state index is 13.2. The summed E-state index contributed by atoms with van der Waals surface area (Å²) in [6.07, 6.45) is 2.60. The van der Waals surface area contributed by atoms with Gasteiger partial charge < -0.3 is 13.6 Å². The molecule has 2 aromatic heterocycles. The molecule has 0 N–H and O–H groups in total. The van der Waals surface area contributed by atoms with E-state index in [9.17, 15) is 24.6 Å². The number of hydrogen-bond acceptors (Lipinski definition) is 9. The highest BCUT2D eigenvalue weighted by Gasteiger charge is 2.22. The van der Waals surface area contributed by atoms with Gasteiger partial charge in [0, 0.05) is 42.0 Å². The van der Waals surface area contributed by atoms with Crippen LogP contribution in [-0.4, -0.2) is 33.0 Å². The van der Waals surface area contributed by atoms with Gasteiger partial charge in [0.05, 0.1) is 9.85 Å². The highest BCUT2D eigenvalue weighted by molar-refractivity contribution is 5.77. The quantitative estimate of drug-likeness (QED) is 0.138. The van der Waals surface area contributed by atoms with Crippen molar-refractivity contribution >= 4 is 33.6 Å². The van der Waals surface area contributed by atoms with E-state index in [2.05, 4.69) is 9.97 Å². The molecule has 1 fully saturated rings. The number of aromatic nitrogens is 2. The van der Waals surface area contributed by atoms with Crippen molar-refractivity contribution in [1.82, 2.24) is 9.97 Å². The third-order valence-electron chi connectivity index (χ3n) is 7.36. The van der Waals surface area contributed by atoms with Gasteiger partial charge in [0.1, 0.15) is 11.0 Å². The first-order valence-electron chi connectivity index (χ1n) is 13.9. The Morgan fingerprint density at radius 1 is 0.727 bits per heavy atom. The van der Waals surface area contributed by atoms with E-state index in [1.807, 2.05) is 42.5 Å². The van der Waals surface area contributed by atoms with E-state index in [4.69, 9.17) is 13.6 Å². The molecule has 1 aliphatic rings. The van der Waals surface area contributed by atoms with Gasteiger partial charge in [-0.2, -0.15) is 4.39 Å². The second kappa shape index (κ2) is 12.4. The van der Waals surface area contributed by atoms with Gasteiger partial charge in [-0.05, 0) is 67.6 Å². The van der Waals surface area contributed by atoms with Crippen LogP contribution in [0.5, 0.6) is 0 Å². The largest absolute Gasteiger partial charge is 0.436 e. The minimum atomic E-state index is -0.884. The minimum absolute atomic E-state index is 0.131. The van der Waals surface area contributed by atoms with Crippen LogP contribution in [0.3, 0.4) is 0 Å². The molecule has 0 radical (unpaired) electrons. The van der Waals surface area contributed by atoms with Crippen molar-refractivity contribution in [3.05, 3.63) is 117 Å². The molecule has 222 valence electrons. The van der Waals surface area contributed by atoms with Crippen molar-refractivity contribution in [3.63, 3.8) is 0 Å². The van der Waals surface area contributed by atoms with E-state index < -0.39 is 16.4 Å². The Kier molecular flexibility index (Phi) is 8.06. The fourth-order valence-electron chi connectivity index (χ4n) is 5.08. The van der Waals surface area contributed by atoms with Gasteiger partial charge in [0.25, 0.3) is 5.69 Å². The van der Waals surface area contributed by atoms with Crippen LogP contribution in [-0.2, 0) is 11.2 Å². The van der Waals surface area contributed by atoms with Gasteiger partial charge in [0.15, 0.2) is 11.2 Å². The van der Waals surface area contributed by atoms with Crippen molar-refractivity contribution < 1.29 is 27.8 Å². The first-order chi connectivity index (χ1) is 21.4. The number of oxazole rings is 2. The van der Waals surface area contributed by atoms with Crippen molar-refractivity contribution in [1.29, 1.82) is 0 Å². The molecule has 6 aromatic rings. The van der Waals surface area contributed by atoms with Crippen LogP contribution in [0.1, 0.15) is 18.4 Å². The van der Waals surface area contributed by atoms with Crippen molar-refractivity contribution in [2.75, 3.05) is 13.2 Å². The summed E-state index contributed by atoms with van der Waals surface area (Å²) in [5.74, 6) is 0.179. The highest BCUT2D eigenvalue weighted by Crippen LogP contribution is 2.32. The Morgan fingerprint density at radius 2 is 1.25 bits per heavy atom. The first-order valence-corrected chi connectivity index (χ1v) is 13.9. The number of fused-ring (bicyclic) bond motifs is 2. The molecule has 1 aliphatic heterocycles. The van der Waals surface area contributed by atoms with Crippen molar-refractivity contribution in [2.45, 2.75) is 19.3 Å². The molecule has 1 saturated heterocycles. The lowest BCUT2D eigenvalue weighted by atomic mass is 9.91. The zero-order valence-electron chi connectivity index (χ0n) is 23.2. The Balaban J connectivity index is 0.000000162. The maximum atomic E-state index is 13.2. The molecule has 0 spiro atoms. The zero-order chi connectivity index (χ0) is 30.6. The van der Waals surface area contributed by atoms with E-state index >= 15 is 0 Å². The average molecular weight is 597 g/mol. The summed E-state index contributed by atoms with van der Waals surface area (Å²) in [7, 11) is 0. The summed E-state index contributed by atoms with van der Waals surface area (Å²) < 4.78 is 29.8. The van der Waals surface area contributed by atoms with Crippen LogP contribution in [0.15, 0.2) is 93.8 Å². The summed E-state index contributed by atoms with van der Waals surface area (Å²) >= 11 is 0. The summed E-state index contributed by atoms with van der Waals surface area (Å²) in [5, 5.41) is 22.2. The molecule has 0 atom stereocenters. The molecular formula is C32H25FN4O7. The molecule has 12 heteroatoms. The molecule has 4 aromatic carbocycles. The third-order valence-corrected chi connectivity index (χ3v) is 7.36. The van der Waals surface area contributed by atoms with Gasteiger partial charge in [-0.15, -0.1) is 0 Å². The SMILES string of the molecule is O=[N+]([O-])c1cc(-c2nc3ccccc3o2)ccc1CC1CCOCC1.O=[N+]([O-])c1cc(-c2nc3ccccc3o2)ccc1F. The standard InChI is InChI=1S/C19H18N2O4.C13H7FN2O3/c22-21(23)17-12-15(19-20-16-3-1-2-4-18(16)25-19)6-5-14(17)11-13-7-9-24-10-8-13;14-9-6-5-8(7-11(9)16(17)18)13-15-10-3-1-2-4-12(10)19-13/h1-6,12-13H,7-11H2;1-7H. The van der Waals surface area contributed by atoms with Crippen LogP contribution in [0.4, 0.5) is 15.8 Å². The second-order valence-electron chi connectivity index (χ2n) is 10.3. The molecule has 3 heterocycles. The van der Waals surface area contributed by atoms with E-state index in [1.165, 1.54) is 6.07 Å². The molecule has 44 heavy (non-hydrogen) atoms. The molecule has 0 unspecified atom stereocenters. The number of ether oxygens (including phenoxy) is 1. The summed E-state index contributed by atoms with van der Waals surface area (Å²) in [4.78, 5) is 29.8. The van der Waals surface area contributed by atoms with E-state index in [0.717, 1.165) is 49.3 Å². The summed E-state index contributed by atoms with van der Waals surface area (Å²) in [5.41, 5.74) is 3.91. The Morgan fingerprint density at radius 3 is 1.80 bits per heavy atom. The van der Waals surface area contributed by atoms with Crippen molar-refractivity contribution in [2.24, 2.45) is 5.92 Å². The number of hydrogen-bond donors (Lipinski definition) is 0. The number of rotatable bonds is 6. The predicted molar refractivity (Wildman–Crippen MR) is 159 cm³/mol.